The van der Waals surface area contributed by atoms with Crippen LogP contribution in [0.3, 0.4) is 0 Å². The SMILES string of the molecule is CC(=O)CC(C)(C)C1CCOC2(CCCC2)C1. The Balaban J connectivity index is 2.03. The van der Waals surface area contributed by atoms with E-state index < -0.39 is 0 Å². The third-order valence-electron chi connectivity index (χ3n) is 4.82. The molecule has 0 amide bonds. The van der Waals surface area contributed by atoms with E-state index in [1.54, 1.807) is 6.92 Å². The Hall–Kier alpha value is -0.370. The van der Waals surface area contributed by atoms with Crippen LogP contribution in [0.2, 0.25) is 0 Å². The Bertz CT molecular complexity index is 287. The molecule has 0 N–H and O–H groups in total. The molecule has 1 aliphatic heterocycles. The van der Waals surface area contributed by atoms with Crippen LogP contribution in [0.1, 0.15) is 65.7 Å². The van der Waals surface area contributed by atoms with Crippen LogP contribution in [0.4, 0.5) is 0 Å². The highest BCUT2D eigenvalue weighted by molar-refractivity contribution is 5.76. The fraction of sp³-hybridized carbons (Fsp3) is 0.933. The van der Waals surface area contributed by atoms with Crippen LogP contribution in [-0.2, 0) is 9.53 Å². The molecular weight excluding hydrogens is 212 g/mol. The van der Waals surface area contributed by atoms with Gasteiger partial charge in [0.05, 0.1) is 5.60 Å². The zero-order valence-electron chi connectivity index (χ0n) is 11.6. The van der Waals surface area contributed by atoms with Crippen molar-refractivity contribution in [3.8, 4) is 0 Å². The molecule has 0 aromatic carbocycles. The summed E-state index contributed by atoms with van der Waals surface area (Å²) in [6.07, 6.45) is 8.13. The van der Waals surface area contributed by atoms with Gasteiger partial charge in [0.1, 0.15) is 5.78 Å². The summed E-state index contributed by atoms with van der Waals surface area (Å²) in [6.45, 7) is 7.12. The van der Waals surface area contributed by atoms with Crippen molar-refractivity contribution in [2.45, 2.75) is 71.3 Å². The fourth-order valence-electron chi connectivity index (χ4n) is 3.85. The van der Waals surface area contributed by atoms with Crippen molar-refractivity contribution >= 4 is 5.78 Å². The maximum absolute atomic E-state index is 11.4. The summed E-state index contributed by atoms with van der Waals surface area (Å²) in [7, 11) is 0. The van der Waals surface area contributed by atoms with Crippen LogP contribution in [-0.4, -0.2) is 18.0 Å². The summed E-state index contributed by atoms with van der Waals surface area (Å²) in [4.78, 5) is 11.4. The largest absolute Gasteiger partial charge is 0.375 e. The first-order chi connectivity index (χ1) is 7.94. The quantitative estimate of drug-likeness (QED) is 0.749. The number of Topliss-reactive ketones (excluding diaryl/α,β-unsaturated/α-hetero) is 1. The van der Waals surface area contributed by atoms with Gasteiger partial charge in [-0.25, -0.2) is 0 Å². The Labute approximate surface area is 105 Å². The molecule has 2 aliphatic rings. The normalized spacial score (nSPS) is 28.5. The zero-order chi connectivity index (χ0) is 12.5. The van der Waals surface area contributed by atoms with E-state index in [-0.39, 0.29) is 11.0 Å². The van der Waals surface area contributed by atoms with Gasteiger partial charge in [-0.2, -0.15) is 0 Å². The van der Waals surface area contributed by atoms with E-state index in [1.807, 2.05) is 0 Å². The van der Waals surface area contributed by atoms with Gasteiger partial charge in [-0.3, -0.25) is 0 Å². The molecule has 17 heavy (non-hydrogen) atoms. The third-order valence-corrected chi connectivity index (χ3v) is 4.82. The second kappa shape index (κ2) is 4.72. The van der Waals surface area contributed by atoms with Gasteiger partial charge in [0.25, 0.3) is 0 Å². The van der Waals surface area contributed by atoms with Crippen molar-refractivity contribution < 1.29 is 9.53 Å². The Kier molecular flexibility index (Phi) is 3.63. The molecule has 2 fully saturated rings. The molecule has 1 saturated carbocycles. The average Bonchev–Trinajstić information content (AvgIpc) is 2.64. The first-order valence-electron chi connectivity index (χ1n) is 7.07. The molecule has 1 spiro atoms. The molecule has 2 heteroatoms. The predicted octanol–water partition coefficient (Wildman–Crippen LogP) is 3.73. The van der Waals surface area contributed by atoms with Crippen molar-refractivity contribution in [2.75, 3.05) is 6.61 Å². The highest BCUT2D eigenvalue weighted by atomic mass is 16.5. The molecule has 2 nitrogen and oxygen atoms in total. The lowest BCUT2D eigenvalue weighted by atomic mass is 9.68. The van der Waals surface area contributed by atoms with Crippen molar-refractivity contribution in [1.29, 1.82) is 0 Å². The van der Waals surface area contributed by atoms with Gasteiger partial charge in [-0.15, -0.1) is 0 Å². The highest BCUT2D eigenvalue weighted by Gasteiger charge is 2.44. The summed E-state index contributed by atoms with van der Waals surface area (Å²) >= 11 is 0. The molecule has 0 radical (unpaired) electrons. The van der Waals surface area contributed by atoms with Crippen molar-refractivity contribution in [2.24, 2.45) is 11.3 Å². The van der Waals surface area contributed by atoms with Gasteiger partial charge < -0.3 is 9.53 Å². The van der Waals surface area contributed by atoms with Gasteiger partial charge in [-0.1, -0.05) is 26.7 Å². The van der Waals surface area contributed by atoms with E-state index in [0.717, 1.165) is 13.0 Å². The number of ketones is 1. The minimum Gasteiger partial charge on any atom is -0.375 e. The summed E-state index contributed by atoms with van der Waals surface area (Å²) in [5.74, 6) is 0.972. The van der Waals surface area contributed by atoms with Gasteiger partial charge in [0.15, 0.2) is 0 Å². The molecule has 0 bridgehead atoms. The van der Waals surface area contributed by atoms with E-state index in [4.69, 9.17) is 4.74 Å². The van der Waals surface area contributed by atoms with Gasteiger partial charge >= 0.3 is 0 Å². The van der Waals surface area contributed by atoms with Crippen LogP contribution in [0, 0.1) is 11.3 Å². The maximum Gasteiger partial charge on any atom is 0.130 e. The smallest absolute Gasteiger partial charge is 0.130 e. The van der Waals surface area contributed by atoms with E-state index >= 15 is 0 Å². The minimum atomic E-state index is 0.144. The molecule has 1 aliphatic carbocycles. The van der Waals surface area contributed by atoms with Crippen LogP contribution < -0.4 is 0 Å². The number of ether oxygens (including phenoxy) is 1. The number of hydrogen-bond acceptors (Lipinski definition) is 2. The number of hydrogen-bond donors (Lipinski definition) is 0. The average molecular weight is 238 g/mol. The van der Waals surface area contributed by atoms with Crippen LogP contribution in [0.15, 0.2) is 0 Å². The standard InChI is InChI=1S/C15H26O2/c1-12(16)10-14(2,3)13-6-9-17-15(11-13)7-4-5-8-15/h13H,4-11H2,1-3H3. The molecule has 1 atom stereocenters. The lowest BCUT2D eigenvalue weighted by molar-refractivity contribution is -0.127. The Morgan fingerprint density at radius 3 is 2.59 bits per heavy atom. The zero-order valence-corrected chi connectivity index (χ0v) is 11.6. The highest BCUT2D eigenvalue weighted by Crippen LogP contribution is 2.48. The molecule has 1 heterocycles. The Morgan fingerprint density at radius 1 is 1.35 bits per heavy atom. The number of carbonyl (C=O) groups is 1. The Morgan fingerprint density at radius 2 is 2.00 bits per heavy atom. The molecule has 2 rings (SSSR count). The second-order valence-electron chi connectivity index (χ2n) is 6.80. The molecule has 98 valence electrons. The van der Waals surface area contributed by atoms with E-state index in [0.29, 0.717) is 18.1 Å². The lowest BCUT2D eigenvalue weighted by Gasteiger charge is -2.44. The predicted molar refractivity (Wildman–Crippen MR) is 69.0 cm³/mol. The first-order valence-corrected chi connectivity index (χ1v) is 7.07. The maximum atomic E-state index is 11.4. The number of rotatable bonds is 3. The van der Waals surface area contributed by atoms with Gasteiger partial charge in [0, 0.05) is 13.0 Å². The number of carbonyl (C=O) groups excluding carboxylic acids is 1. The monoisotopic (exact) mass is 238 g/mol. The van der Waals surface area contributed by atoms with Crippen LogP contribution in [0.25, 0.3) is 0 Å². The molecule has 0 aromatic rings. The van der Waals surface area contributed by atoms with Crippen molar-refractivity contribution in [3.63, 3.8) is 0 Å². The topological polar surface area (TPSA) is 26.3 Å². The van der Waals surface area contributed by atoms with Crippen LogP contribution >= 0.6 is 0 Å². The molecular formula is C15H26O2. The molecule has 1 saturated heterocycles. The summed E-state index contributed by atoms with van der Waals surface area (Å²) in [5, 5.41) is 0. The van der Waals surface area contributed by atoms with Crippen LogP contribution in [0.5, 0.6) is 0 Å². The van der Waals surface area contributed by atoms with Crippen molar-refractivity contribution in [1.82, 2.24) is 0 Å². The van der Waals surface area contributed by atoms with E-state index in [1.165, 1.54) is 32.1 Å². The summed E-state index contributed by atoms with van der Waals surface area (Å²) < 4.78 is 6.07. The lowest BCUT2D eigenvalue weighted by Crippen LogP contribution is -2.42. The molecule has 0 aromatic heterocycles. The van der Waals surface area contributed by atoms with Gasteiger partial charge in [0.2, 0.25) is 0 Å². The fourth-order valence-corrected chi connectivity index (χ4v) is 3.85. The third kappa shape index (κ3) is 2.90. The van der Waals surface area contributed by atoms with Crippen molar-refractivity contribution in [3.05, 3.63) is 0 Å². The minimum absolute atomic E-state index is 0.144. The van der Waals surface area contributed by atoms with E-state index in [2.05, 4.69) is 13.8 Å². The summed E-state index contributed by atoms with van der Waals surface area (Å²) in [6, 6.07) is 0. The summed E-state index contributed by atoms with van der Waals surface area (Å²) in [5.41, 5.74) is 0.322. The second-order valence-corrected chi connectivity index (χ2v) is 6.80. The molecule has 1 unspecified atom stereocenters. The van der Waals surface area contributed by atoms with E-state index in [9.17, 15) is 4.79 Å². The first kappa shape index (κ1) is 13.1. The van der Waals surface area contributed by atoms with Gasteiger partial charge in [-0.05, 0) is 43.9 Å².